The number of rotatable bonds is 3. The number of hydrogen-bond donors (Lipinski definition) is 0. The Kier molecular flexibility index (Phi) is 5.06. The number of thiocarbonyl (C=S) groups is 1. The van der Waals surface area contributed by atoms with E-state index in [4.69, 9.17) is 17.0 Å². The van der Waals surface area contributed by atoms with Gasteiger partial charge in [0.25, 0.3) is 5.91 Å². The SMILES string of the molecule is COc1ccc(N2C(=O)/C(=C\c3cccc(C(F)(F)F)c3)SC2=S)cc1. The molecule has 0 bridgehead atoms. The minimum Gasteiger partial charge on any atom is -0.497 e. The van der Waals surface area contributed by atoms with Gasteiger partial charge in [-0.25, -0.2) is 0 Å². The van der Waals surface area contributed by atoms with E-state index >= 15 is 0 Å². The van der Waals surface area contributed by atoms with Crippen LogP contribution in [0.1, 0.15) is 11.1 Å². The zero-order valence-electron chi connectivity index (χ0n) is 13.4. The highest BCUT2D eigenvalue weighted by Gasteiger charge is 2.34. The third kappa shape index (κ3) is 3.76. The molecule has 134 valence electrons. The maximum atomic E-state index is 12.8. The lowest BCUT2D eigenvalue weighted by molar-refractivity contribution is -0.137. The third-order valence-electron chi connectivity index (χ3n) is 3.64. The smallest absolute Gasteiger partial charge is 0.416 e. The minimum absolute atomic E-state index is 0.269. The summed E-state index contributed by atoms with van der Waals surface area (Å²) in [6, 6.07) is 11.6. The molecule has 3 rings (SSSR count). The molecule has 1 aliphatic heterocycles. The van der Waals surface area contributed by atoms with E-state index in [1.54, 1.807) is 24.3 Å². The number of hydrogen-bond acceptors (Lipinski definition) is 4. The van der Waals surface area contributed by atoms with E-state index in [0.29, 0.717) is 15.8 Å². The zero-order chi connectivity index (χ0) is 18.9. The molecule has 0 atom stereocenters. The van der Waals surface area contributed by atoms with Crippen LogP contribution in [0.4, 0.5) is 18.9 Å². The molecule has 0 N–H and O–H groups in total. The van der Waals surface area contributed by atoms with E-state index in [1.807, 2.05) is 0 Å². The van der Waals surface area contributed by atoms with Gasteiger partial charge >= 0.3 is 6.18 Å². The van der Waals surface area contributed by atoms with E-state index < -0.39 is 11.7 Å². The fourth-order valence-electron chi connectivity index (χ4n) is 2.38. The van der Waals surface area contributed by atoms with Crippen LogP contribution in [0.2, 0.25) is 0 Å². The van der Waals surface area contributed by atoms with Gasteiger partial charge in [0.05, 0.1) is 23.3 Å². The van der Waals surface area contributed by atoms with Crippen LogP contribution in [0.25, 0.3) is 6.08 Å². The lowest BCUT2D eigenvalue weighted by atomic mass is 10.1. The van der Waals surface area contributed by atoms with Crippen LogP contribution in [-0.4, -0.2) is 17.3 Å². The molecule has 0 aromatic heterocycles. The number of carbonyl (C=O) groups is 1. The number of alkyl halides is 3. The van der Waals surface area contributed by atoms with Gasteiger partial charge < -0.3 is 4.74 Å². The molecule has 0 saturated carbocycles. The molecule has 1 amide bonds. The molecule has 26 heavy (non-hydrogen) atoms. The van der Waals surface area contributed by atoms with Crippen LogP contribution >= 0.6 is 24.0 Å². The maximum absolute atomic E-state index is 12.8. The highest BCUT2D eigenvalue weighted by molar-refractivity contribution is 8.27. The third-order valence-corrected chi connectivity index (χ3v) is 4.94. The minimum atomic E-state index is -4.44. The first kappa shape index (κ1) is 18.5. The number of halogens is 3. The largest absolute Gasteiger partial charge is 0.497 e. The molecule has 1 heterocycles. The Hall–Kier alpha value is -2.32. The molecule has 0 radical (unpaired) electrons. The van der Waals surface area contributed by atoms with Gasteiger partial charge in [0, 0.05) is 0 Å². The molecule has 0 spiro atoms. The van der Waals surface area contributed by atoms with Crippen LogP contribution in [0.15, 0.2) is 53.4 Å². The molecule has 1 saturated heterocycles. The van der Waals surface area contributed by atoms with Gasteiger partial charge in [-0.05, 0) is 48.0 Å². The Morgan fingerprint density at radius 2 is 1.85 bits per heavy atom. The number of carbonyl (C=O) groups excluding carboxylic acids is 1. The van der Waals surface area contributed by atoms with Crippen molar-refractivity contribution in [3.63, 3.8) is 0 Å². The molecule has 1 fully saturated rings. The quantitative estimate of drug-likeness (QED) is 0.533. The van der Waals surface area contributed by atoms with Crippen molar-refractivity contribution in [2.75, 3.05) is 12.0 Å². The summed E-state index contributed by atoms with van der Waals surface area (Å²) >= 11 is 6.31. The summed E-state index contributed by atoms with van der Waals surface area (Å²) in [5, 5.41) is 0. The number of thioether (sulfide) groups is 1. The number of methoxy groups -OCH3 is 1. The maximum Gasteiger partial charge on any atom is 0.416 e. The van der Waals surface area contributed by atoms with Crippen LogP contribution in [0, 0.1) is 0 Å². The molecular weight excluding hydrogens is 383 g/mol. The van der Waals surface area contributed by atoms with Crippen molar-refractivity contribution in [1.29, 1.82) is 0 Å². The average molecular weight is 395 g/mol. The van der Waals surface area contributed by atoms with Gasteiger partial charge in [-0.3, -0.25) is 9.69 Å². The van der Waals surface area contributed by atoms with Crippen molar-refractivity contribution >= 4 is 46.0 Å². The van der Waals surface area contributed by atoms with Crippen LogP contribution in [-0.2, 0) is 11.0 Å². The van der Waals surface area contributed by atoms with E-state index in [0.717, 1.165) is 23.9 Å². The predicted molar refractivity (Wildman–Crippen MR) is 100 cm³/mol. The van der Waals surface area contributed by atoms with Gasteiger partial charge in [-0.15, -0.1) is 0 Å². The fourth-order valence-corrected chi connectivity index (χ4v) is 3.68. The fraction of sp³-hybridized carbons (Fsp3) is 0.111. The zero-order valence-corrected chi connectivity index (χ0v) is 15.0. The van der Waals surface area contributed by atoms with E-state index in [-0.39, 0.29) is 16.4 Å². The molecule has 2 aromatic carbocycles. The highest BCUT2D eigenvalue weighted by atomic mass is 32.2. The van der Waals surface area contributed by atoms with Crippen LogP contribution < -0.4 is 9.64 Å². The summed E-state index contributed by atoms with van der Waals surface area (Å²) in [6.07, 6.45) is -3.02. The van der Waals surface area contributed by atoms with Gasteiger partial charge in [0.15, 0.2) is 4.32 Å². The van der Waals surface area contributed by atoms with E-state index in [2.05, 4.69) is 0 Å². The molecule has 3 nitrogen and oxygen atoms in total. The second kappa shape index (κ2) is 7.13. The Labute approximate surface area is 157 Å². The second-order valence-corrected chi connectivity index (χ2v) is 7.01. The van der Waals surface area contributed by atoms with E-state index in [9.17, 15) is 18.0 Å². The van der Waals surface area contributed by atoms with Gasteiger partial charge in [-0.1, -0.05) is 36.1 Å². The second-order valence-electron chi connectivity index (χ2n) is 5.34. The predicted octanol–water partition coefficient (Wildman–Crippen LogP) is 5.12. The Morgan fingerprint density at radius 1 is 1.15 bits per heavy atom. The normalized spacial score (nSPS) is 16.5. The molecule has 8 heteroatoms. The summed E-state index contributed by atoms with van der Waals surface area (Å²) in [4.78, 5) is 14.3. The Morgan fingerprint density at radius 3 is 2.46 bits per heavy atom. The number of anilines is 1. The number of nitrogens with zero attached hydrogens (tertiary/aromatic N) is 1. The van der Waals surface area contributed by atoms with Crippen molar-refractivity contribution in [3.05, 3.63) is 64.6 Å². The molecular formula is C18H12F3NO2S2. The standard InChI is InChI=1S/C18H12F3NO2S2/c1-24-14-7-5-13(6-8-14)22-16(23)15(26-17(22)25)10-11-3-2-4-12(9-11)18(19,20)21/h2-10H,1H3/b15-10+. The van der Waals surface area contributed by atoms with Gasteiger partial charge in [0.1, 0.15) is 5.75 Å². The monoisotopic (exact) mass is 395 g/mol. The average Bonchev–Trinajstić information content (AvgIpc) is 2.88. The summed E-state index contributed by atoms with van der Waals surface area (Å²) < 4.78 is 43.9. The molecule has 1 aliphatic rings. The van der Waals surface area contributed by atoms with Gasteiger partial charge in [0.2, 0.25) is 0 Å². The Balaban J connectivity index is 1.90. The lowest BCUT2D eigenvalue weighted by Crippen LogP contribution is -2.27. The van der Waals surface area contributed by atoms with Crippen molar-refractivity contribution in [2.24, 2.45) is 0 Å². The van der Waals surface area contributed by atoms with Crippen molar-refractivity contribution in [3.8, 4) is 5.75 Å². The first-order chi connectivity index (χ1) is 12.3. The molecule has 0 unspecified atom stereocenters. The number of amides is 1. The summed E-state index contributed by atoms with van der Waals surface area (Å²) in [6.45, 7) is 0. The Bertz CT molecular complexity index is 892. The van der Waals surface area contributed by atoms with Crippen molar-refractivity contribution < 1.29 is 22.7 Å². The van der Waals surface area contributed by atoms with E-state index in [1.165, 1.54) is 30.2 Å². The van der Waals surface area contributed by atoms with Crippen molar-refractivity contribution in [2.45, 2.75) is 6.18 Å². The van der Waals surface area contributed by atoms with Crippen molar-refractivity contribution in [1.82, 2.24) is 0 Å². The number of ether oxygens (including phenoxy) is 1. The first-order valence-electron chi connectivity index (χ1n) is 7.39. The highest BCUT2D eigenvalue weighted by Crippen LogP contribution is 2.37. The topological polar surface area (TPSA) is 29.5 Å². The molecule has 2 aromatic rings. The van der Waals surface area contributed by atoms with Gasteiger partial charge in [-0.2, -0.15) is 13.2 Å². The lowest BCUT2D eigenvalue weighted by Gasteiger charge is -2.14. The summed E-state index contributed by atoms with van der Waals surface area (Å²) in [7, 11) is 1.53. The summed E-state index contributed by atoms with van der Waals surface area (Å²) in [5.74, 6) is 0.265. The molecule has 0 aliphatic carbocycles. The van der Waals surface area contributed by atoms with Crippen LogP contribution in [0.5, 0.6) is 5.75 Å². The first-order valence-corrected chi connectivity index (χ1v) is 8.61. The number of benzene rings is 2. The van der Waals surface area contributed by atoms with Crippen LogP contribution in [0.3, 0.4) is 0 Å². The summed E-state index contributed by atoms with van der Waals surface area (Å²) in [5.41, 5.74) is 0.0904.